The standard InChI is InChI=1S/C24H35N3O3S/c1-14(2)21-25-22-20(15(3)16(4)31-22)24(29)27(21)18-9-11-26(12-10-18)23(28)17-7-6-8-19(13-17)30-5/h14,17-19H,6-13H2,1-5H3/t17-,19+/m0/s1. The van der Waals surface area contributed by atoms with Gasteiger partial charge in [0.1, 0.15) is 10.7 Å². The van der Waals surface area contributed by atoms with E-state index in [9.17, 15) is 9.59 Å². The number of carbonyl (C=O) groups is 1. The molecule has 31 heavy (non-hydrogen) atoms. The molecule has 2 atom stereocenters. The Morgan fingerprint density at radius 1 is 1.16 bits per heavy atom. The first-order valence-corrected chi connectivity index (χ1v) is 12.5. The highest BCUT2D eigenvalue weighted by Gasteiger charge is 2.33. The van der Waals surface area contributed by atoms with Crippen molar-refractivity contribution < 1.29 is 9.53 Å². The molecule has 1 saturated heterocycles. The normalized spacial score (nSPS) is 23.1. The Labute approximate surface area is 188 Å². The number of nitrogens with zero attached hydrogens (tertiary/aromatic N) is 3. The monoisotopic (exact) mass is 445 g/mol. The van der Waals surface area contributed by atoms with Crippen LogP contribution >= 0.6 is 11.3 Å². The molecule has 7 heteroatoms. The summed E-state index contributed by atoms with van der Waals surface area (Å²) in [5, 5.41) is 0.776. The molecule has 2 aromatic heterocycles. The molecule has 1 aliphatic carbocycles. The number of hydrogen-bond acceptors (Lipinski definition) is 5. The summed E-state index contributed by atoms with van der Waals surface area (Å²) in [4.78, 5) is 35.6. The van der Waals surface area contributed by atoms with Gasteiger partial charge >= 0.3 is 0 Å². The van der Waals surface area contributed by atoms with Crippen molar-refractivity contribution >= 4 is 27.5 Å². The van der Waals surface area contributed by atoms with Crippen LogP contribution in [0, 0.1) is 19.8 Å². The first-order valence-electron chi connectivity index (χ1n) is 11.7. The third-order valence-electron chi connectivity index (χ3n) is 7.23. The molecule has 6 nitrogen and oxygen atoms in total. The Morgan fingerprint density at radius 2 is 1.87 bits per heavy atom. The number of piperidine rings is 1. The highest BCUT2D eigenvalue weighted by molar-refractivity contribution is 7.18. The fourth-order valence-electron chi connectivity index (χ4n) is 5.27. The second-order valence-corrected chi connectivity index (χ2v) is 10.7. The van der Waals surface area contributed by atoms with Gasteiger partial charge in [0.2, 0.25) is 5.91 Å². The average molecular weight is 446 g/mol. The lowest BCUT2D eigenvalue weighted by atomic mass is 9.85. The van der Waals surface area contributed by atoms with Gasteiger partial charge in [-0.15, -0.1) is 11.3 Å². The molecule has 0 bridgehead atoms. The van der Waals surface area contributed by atoms with Crippen molar-refractivity contribution in [2.45, 2.75) is 84.3 Å². The Morgan fingerprint density at radius 3 is 2.52 bits per heavy atom. The number of carbonyl (C=O) groups excluding carboxylic acids is 1. The minimum atomic E-state index is 0.0821. The molecule has 0 radical (unpaired) electrons. The second-order valence-electron chi connectivity index (χ2n) is 9.54. The zero-order valence-corrected chi connectivity index (χ0v) is 20.3. The van der Waals surface area contributed by atoms with Crippen LogP contribution in [-0.4, -0.2) is 46.7 Å². The molecule has 2 aromatic rings. The molecule has 1 aliphatic heterocycles. The lowest BCUT2D eigenvalue weighted by molar-refractivity contribution is -0.139. The molecule has 4 rings (SSSR count). The van der Waals surface area contributed by atoms with Gasteiger partial charge < -0.3 is 9.64 Å². The largest absolute Gasteiger partial charge is 0.381 e. The van der Waals surface area contributed by atoms with Crippen LogP contribution < -0.4 is 5.56 Å². The Bertz CT molecular complexity index is 1020. The maximum Gasteiger partial charge on any atom is 0.262 e. The molecule has 2 aliphatic rings. The number of rotatable bonds is 4. The number of likely N-dealkylation sites (tertiary alicyclic amines) is 1. The third kappa shape index (κ3) is 4.19. The van der Waals surface area contributed by atoms with E-state index in [-0.39, 0.29) is 35.4 Å². The SMILES string of the molecule is CO[C@@H]1CCC[C@H](C(=O)N2CCC(n3c(C(C)C)nc4sc(C)c(C)c4c3=O)CC2)C1. The van der Waals surface area contributed by atoms with Crippen LogP contribution in [0.4, 0.5) is 0 Å². The van der Waals surface area contributed by atoms with Gasteiger partial charge in [0.15, 0.2) is 0 Å². The molecule has 0 spiro atoms. The van der Waals surface area contributed by atoms with E-state index < -0.39 is 0 Å². The van der Waals surface area contributed by atoms with Gasteiger partial charge in [0.05, 0.1) is 11.5 Å². The third-order valence-corrected chi connectivity index (χ3v) is 8.33. The van der Waals surface area contributed by atoms with E-state index in [0.717, 1.165) is 65.0 Å². The highest BCUT2D eigenvalue weighted by Crippen LogP contribution is 2.33. The minimum absolute atomic E-state index is 0.0821. The number of ether oxygens (including phenoxy) is 1. The van der Waals surface area contributed by atoms with E-state index in [0.29, 0.717) is 13.1 Å². The summed E-state index contributed by atoms with van der Waals surface area (Å²) in [6.45, 7) is 9.71. The lowest BCUT2D eigenvalue weighted by Gasteiger charge is -2.37. The summed E-state index contributed by atoms with van der Waals surface area (Å²) in [6.07, 6.45) is 5.74. The van der Waals surface area contributed by atoms with Crippen LogP contribution in [0.15, 0.2) is 4.79 Å². The molecular formula is C24H35N3O3S. The van der Waals surface area contributed by atoms with Crippen molar-refractivity contribution in [3.05, 3.63) is 26.6 Å². The number of amides is 1. The van der Waals surface area contributed by atoms with Crippen molar-refractivity contribution in [3.8, 4) is 0 Å². The maximum absolute atomic E-state index is 13.6. The summed E-state index contributed by atoms with van der Waals surface area (Å²) < 4.78 is 7.47. The summed E-state index contributed by atoms with van der Waals surface area (Å²) in [6, 6.07) is 0.100. The topological polar surface area (TPSA) is 64.4 Å². The first kappa shape index (κ1) is 22.5. The molecule has 1 amide bonds. The van der Waals surface area contributed by atoms with Gasteiger partial charge in [0.25, 0.3) is 5.56 Å². The number of aryl methyl sites for hydroxylation is 2. The number of hydrogen-bond donors (Lipinski definition) is 0. The van der Waals surface area contributed by atoms with E-state index >= 15 is 0 Å². The molecular weight excluding hydrogens is 410 g/mol. The summed E-state index contributed by atoms with van der Waals surface area (Å²) in [5.41, 5.74) is 1.15. The summed E-state index contributed by atoms with van der Waals surface area (Å²) >= 11 is 1.61. The minimum Gasteiger partial charge on any atom is -0.381 e. The quantitative estimate of drug-likeness (QED) is 0.692. The second kappa shape index (κ2) is 9.02. The Hall–Kier alpha value is -1.73. The van der Waals surface area contributed by atoms with Gasteiger partial charge in [-0.3, -0.25) is 14.2 Å². The zero-order chi connectivity index (χ0) is 22.3. The molecule has 0 unspecified atom stereocenters. The number of thiophene rings is 1. The van der Waals surface area contributed by atoms with E-state index in [2.05, 4.69) is 20.8 Å². The van der Waals surface area contributed by atoms with E-state index in [1.807, 2.05) is 16.4 Å². The van der Waals surface area contributed by atoms with Gasteiger partial charge in [-0.25, -0.2) is 4.98 Å². The fourth-order valence-corrected chi connectivity index (χ4v) is 6.29. The average Bonchev–Trinajstić information content (AvgIpc) is 3.07. The summed E-state index contributed by atoms with van der Waals surface area (Å²) in [5.74, 6) is 1.40. The van der Waals surface area contributed by atoms with Crippen molar-refractivity contribution in [2.24, 2.45) is 5.92 Å². The van der Waals surface area contributed by atoms with E-state index in [4.69, 9.17) is 9.72 Å². The number of fused-ring (bicyclic) bond motifs is 1. The van der Waals surface area contributed by atoms with Gasteiger partial charge in [-0.1, -0.05) is 20.3 Å². The van der Waals surface area contributed by atoms with Crippen molar-refractivity contribution in [1.29, 1.82) is 0 Å². The van der Waals surface area contributed by atoms with Crippen LogP contribution in [0.5, 0.6) is 0 Å². The van der Waals surface area contributed by atoms with Crippen molar-refractivity contribution in [1.82, 2.24) is 14.5 Å². The molecule has 2 fully saturated rings. The first-order chi connectivity index (χ1) is 14.8. The van der Waals surface area contributed by atoms with Gasteiger partial charge in [0, 0.05) is 43.0 Å². The lowest BCUT2D eigenvalue weighted by Crippen LogP contribution is -2.45. The van der Waals surface area contributed by atoms with Crippen molar-refractivity contribution in [3.63, 3.8) is 0 Å². The molecule has 170 valence electrons. The van der Waals surface area contributed by atoms with Crippen LogP contribution in [0.1, 0.15) is 80.6 Å². The fraction of sp³-hybridized carbons (Fsp3) is 0.708. The predicted molar refractivity (Wildman–Crippen MR) is 125 cm³/mol. The highest BCUT2D eigenvalue weighted by atomic mass is 32.1. The maximum atomic E-state index is 13.6. The summed E-state index contributed by atoms with van der Waals surface area (Å²) in [7, 11) is 1.74. The van der Waals surface area contributed by atoms with Gasteiger partial charge in [-0.2, -0.15) is 0 Å². The van der Waals surface area contributed by atoms with Crippen LogP contribution in [-0.2, 0) is 9.53 Å². The smallest absolute Gasteiger partial charge is 0.262 e. The number of aromatic nitrogens is 2. The van der Waals surface area contributed by atoms with Gasteiger partial charge in [-0.05, 0) is 51.5 Å². The van der Waals surface area contributed by atoms with E-state index in [1.165, 1.54) is 0 Å². The van der Waals surface area contributed by atoms with E-state index in [1.54, 1.807) is 18.4 Å². The predicted octanol–water partition coefficient (Wildman–Crippen LogP) is 4.57. The molecule has 1 saturated carbocycles. The number of methoxy groups -OCH3 is 1. The van der Waals surface area contributed by atoms with Crippen LogP contribution in [0.25, 0.3) is 10.2 Å². The Kier molecular flexibility index (Phi) is 6.54. The molecule has 0 aromatic carbocycles. The molecule has 0 N–H and O–H groups in total. The van der Waals surface area contributed by atoms with Crippen molar-refractivity contribution in [2.75, 3.05) is 20.2 Å². The van der Waals surface area contributed by atoms with Crippen LogP contribution in [0.3, 0.4) is 0 Å². The Balaban J connectivity index is 1.55. The molecule has 3 heterocycles. The zero-order valence-electron chi connectivity index (χ0n) is 19.4. The van der Waals surface area contributed by atoms with Crippen LogP contribution in [0.2, 0.25) is 0 Å².